The fourth-order valence-electron chi connectivity index (χ4n) is 2.50. The summed E-state index contributed by atoms with van der Waals surface area (Å²) in [6.45, 7) is 2.27. The molecule has 0 fully saturated rings. The monoisotopic (exact) mass is 332 g/mol. The van der Waals surface area contributed by atoms with Crippen molar-refractivity contribution >= 4 is 5.97 Å². The van der Waals surface area contributed by atoms with Crippen LogP contribution in [0.25, 0.3) is 0 Å². The Bertz CT molecular complexity index is 389. The van der Waals surface area contributed by atoms with Crippen molar-refractivity contribution in [1.29, 1.82) is 0 Å². The predicted octanol–water partition coefficient (Wildman–Crippen LogP) is 7.00. The minimum absolute atomic E-state index is 0.921. The molecule has 0 aromatic carbocycles. The van der Waals surface area contributed by atoms with Crippen molar-refractivity contribution in [3.63, 3.8) is 0 Å². The average Bonchev–Trinajstić information content (AvgIpc) is 2.56. The first-order valence-electron chi connectivity index (χ1n) is 9.67. The summed E-state index contributed by atoms with van der Waals surface area (Å²) in [6, 6.07) is 0. The number of hydrogen-bond acceptors (Lipinski definition) is 1. The summed E-state index contributed by atoms with van der Waals surface area (Å²) < 4.78 is 0. The van der Waals surface area contributed by atoms with E-state index in [9.17, 15) is 4.79 Å². The van der Waals surface area contributed by atoms with Gasteiger partial charge in [0, 0.05) is 6.08 Å². The topological polar surface area (TPSA) is 37.3 Å². The van der Waals surface area contributed by atoms with Gasteiger partial charge in [0.2, 0.25) is 0 Å². The van der Waals surface area contributed by atoms with Gasteiger partial charge in [-0.1, -0.05) is 114 Å². The molecule has 2 nitrogen and oxygen atoms in total. The first kappa shape index (κ1) is 22.4. The van der Waals surface area contributed by atoms with Crippen LogP contribution in [-0.2, 0) is 4.79 Å². The molecule has 0 aliphatic heterocycles. The highest BCUT2D eigenvalue weighted by atomic mass is 16.4. The van der Waals surface area contributed by atoms with Crippen molar-refractivity contribution in [2.24, 2.45) is 0 Å². The number of rotatable bonds is 16. The molecule has 24 heavy (non-hydrogen) atoms. The molecule has 0 saturated carbocycles. The van der Waals surface area contributed by atoms with Crippen LogP contribution in [0, 0.1) is 0 Å². The van der Waals surface area contributed by atoms with Gasteiger partial charge in [-0.25, -0.2) is 4.79 Å². The molecule has 0 aliphatic rings. The molecule has 0 atom stereocenters. The van der Waals surface area contributed by atoms with Crippen LogP contribution in [0.4, 0.5) is 0 Å². The molecule has 1 N–H and O–H groups in total. The number of hydrogen-bond donors (Lipinski definition) is 1. The lowest BCUT2D eigenvalue weighted by atomic mass is 10.1. The van der Waals surface area contributed by atoms with E-state index in [0.29, 0.717) is 0 Å². The third-order valence-corrected chi connectivity index (χ3v) is 3.90. The maximum absolute atomic E-state index is 10.2. The van der Waals surface area contributed by atoms with Gasteiger partial charge in [0.05, 0.1) is 0 Å². The van der Waals surface area contributed by atoms with Gasteiger partial charge in [0.25, 0.3) is 0 Å². The zero-order valence-corrected chi connectivity index (χ0v) is 15.5. The lowest BCUT2D eigenvalue weighted by Crippen LogP contribution is -1.84. The second-order valence-corrected chi connectivity index (χ2v) is 6.22. The van der Waals surface area contributed by atoms with Crippen LogP contribution in [0.15, 0.2) is 48.6 Å². The number of carboxylic acid groups (broad SMARTS) is 1. The highest BCUT2D eigenvalue weighted by Gasteiger charge is 1.92. The number of unbranched alkanes of at least 4 members (excludes halogenated alkanes) is 11. The van der Waals surface area contributed by atoms with E-state index < -0.39 is 5.97 Å². The minimum Gasteiger partial charge on any atom is -0.478 e. The molecule has 0 amide bonds. The highest BCUT2D eigenvalue weighted by Crippen LogP contribution is 2.11. The van der Waals surface area contributed by atoms with Crippen LogP contribution >= 0.6 is 0 Å². The van der Waals surface area contributed by atoms with Gasteiger partial charge in [0.15, 0.2) is 0 Å². The van der Waals surface area contributed by atoms with E-state index in [1.54, 1.807) is 6.08 Å². The molecule has 0 spiro atoms. The molecular weight excluding hydrogens is 296 g/mol. The van der Waals surface area contributed by atoms with Gasteiger partial charge >= 0.3 is 5.97 Å². The van der Waals surface area contributed by atoms with Crippen LogP contribution in [0.3, 0.4) is 0 Å². The summed E-state index contributed by atoms with van der Waals surface area (Å²) in [7, 11) is 0. The molecule has 0 aliphatic carbocycles. The summed E-state index contributed by atoms with van der Waals surface area (Å²) in [5, 5.41) is 8.41. The minimum atomic E-state index is -0.921. The summed E-state index contributed by atoms with van der Waals surface area (Å²) in [6.07, 6.45) is 30.7. The van der Waals surface area contributed by atoms with E-state index in [1.165, 1.54) is 76.7 Å². The highest BCUT2D eigenvalue weighted by molar-refractivity contribution is 5.80. The van der Waals surface area contributed by atoms with Crippen molar-refractivity contribution in [3.8, 4) is 0 Å². The smallest absolute Gasteiger partial charge is 0.328 e. The van der Waals surface area contributed by atoms with Crippen LogP contribution in [-0.4, -0.2) is 11.1 Å². The normalized spacial score (nSPS) is 12.4. The van der Waals surface area contributed by atoms with Crippen molar-refractivity contribution in [2.75, 3.05) is 0 Å². The Morgan fingerprint density at radius 1 is 0.667 bits per heavy atom. The van der Waals surface area contributed by atoms with E-state index >= 15 is 0 Å². The summed E-state index contributed by atoms with van der Waals surface area (Å²) in [5.74, 6) is -0.921. The fourth-order valence-corrected chi connectivity index (χ4v) is 2.50. The van der Waals surface area contributed by atoms with Crippen molar-refractivity contribution in [3.05, 3.63) is 48.6 Å². The van der Waals surface area contributed by atoms with Crippen molar-refractivity contribution in [2.45, 2.75) is 84.0 Å². The van der Waals surface area contributed by atoms with Gasteiger partial charge in [-0.15, -0.1) is 0 Å². The Hall–Kier alpha value is -1.57. The fraction of sp³-hybridized carbons (Fsp3) is 0.591. The van der Waals surface area contributed by atoms with Crippen molar-refractivity contribution in [1.82, 2.24) is 0 Å². The third-order valence-electron chi connectivity index (χ3n) is 3.90. The Labute approximate surface area is 149 Å². The number of carbonyl (C=O) groups is 1. The molecule has 0 heterocycles. The summed E-state index contributed by atoms with van der Waals surface area (Å²) >= 11 is 0. The molecular formula is C22H36O2. The largest absolute Gasteiger partial charge is 0.478 e. The molecule has 0 bridgehead atoms. The molecule has 0 aromatic rings. The van der Waals surface area contributed by atoms with Crippen LogP contribution in [0.5, 0.6) is 0 Å². The van der Waals surface area contributed by atoms with Gasteiger partial charge in [0.1, 0.15) is 0 Å². The molecule has 0 unspecified atom stereocenters. The molecule has 0 saturated heterocycles. The van der Waals surface area contributed by atoms with Crippen LogP contribution in [0.1, 0.15) is 84.0 Å². The lowest BCUT2D eigenvalue weighted by molar-refractivity contribution is -0.131. The Morgan fingerprint density at radius 2 is 1.12 bits per heavy atom. The van der Waals surface area contributed by atoms with Gasteiger partial charge in [-0.2, -0.15) is 0 Å². The first-order valence-corrected chi connectivity index (χ1v) is 9.67. The Kier molecular flexibility index (Phi) is 18.2. The Balaban J connectivity index is 3.30. The molecule has 0 rings (SSSR count). The molecule has 0 aromatic heterocycles. The standard InChI is InChI=1S/C22H36O2/c1-2-3-4-5-6-7-8-9-10-11-12-13-14-15-16-17-18-19-20-21-22(23)24/h14-21H,2-13H2,1H3,(H,23,24)/b15-14+,17-16-,19-18+,21-20?. The molecule has 0 radical (unpaired) electrons. The number of allylic oxidation sites excluding steroid dienone is 7. The van der Waals surface area contributed by atoms with Gasteiger partial charge in [-0.3, -0.25) is 0 Å². The maximum atomic E-state index is 10.2. The van der Waals surface area contributed by atoms with E-state index in [1.807, 2.05) is 18.2 Å². The number of aliphatic carboxylic acids is 1. The lowest BCUT2D eigenvalue weighted by Gasteiger charge is -2.01. The predicted molar refractivity (Wildman–Crippen MR) is 105 cm³/mol. The van der Waals surface area contributed by atoms with Crippen molar-refractivity contribution < 1.29 is 9.90 Å². The third kappa shape index (κ3) is 20.4. The average molecular weight is 333 g/mol. The van der Waals surface area contributed by atoms with E-state index in [-0.39, 0.29) is 0 Å². The molecule has 2 heteroatoms. The van der Waals surface area contributed by atoms with Crippen LogP contribution < -0.4 is 0 Å². The van der Waals surface area contributed by atoms with E-state index in [0.717, 1.165) is 12.5 Å². The number of carboxylic acids is 1. The summed E-state index contributed by atoms with van der Waals surface area (Å²) in [5.41, 5.74) is 0. The zero-order valence-electron chi connectivity index (χ0n) is 15.5. The van der Waals surface area contributed by atoms with E-state index in [2.05, 4.69) is 19.1 Å². The molecule has 136 valence electrons. The van der Waals surface area contributed by atoms with Gasteiger partial charge < -0.3 is 5.11 Å². The second kappa shape index (κ2) is 19.5. The van der Waals surface area contributed by atoms with E-state index in [4.69, 9.17) is 5.11 Å². The zero-order chi connectivity index (χ0) is 17.7. The maximum Gasteiger partial charge on any atom is 0.328 e. The van der Waals surface area contributed by atoms with Crippen LogP contribution in [0.2, 0.25) is 0 Å². The Morgan fingerprint density at radius 3 is 1.67 bits per heavy atom. The quantitative estimate of drug-likeness (QED) is 0.188. The van der Waals surface area contributed by atoms with Gasteiger partial charge in [-0.05, 0) is 12.8 Å². The SMILES string of the molecule is CCCCCCCCCCCCC/C=C/C=C\C=C\C=CC(=O)O. The summed E-state index contributed by atoms with van der Waals surface area (Å²) in [4.78, 5) is 10.2. The second-order valence-electron chi connectivity index (χ2n) is 6.22. The first-order chi connectivity index (χ1) is 11.8.